The number of benzene rings is 1. The van der Waals surface area contributed by atoms with Crippen LogP contribution in [0.3, 0.4) is 0 Å². The molecule has 1 aromatic carbocycles. The molecular formula is C23H36N6O5S. The number of esters is 1. The zero-order chi connectivity index (χ0) is 25.6. The van der Waals surface area contributed by atoms with Crippen LogP contribution in [0, 0.1) is 11.3 Å². The molecule has 0 aromatic heterocycles. The van der Waals surface area contributed by atoms with Gasteiger partial charge in [0.05, 0.1) is 5.69 Å². The number of nitrogens with two attached hydrogens (primary N) is 1. The Hall–Kier alpha value is -2.86. The summed E-state index contributed by atoms with van der Waals surface area (Å²) in [6, 6.07) is 4.21. The average Bonchev–Trinajstić information content (AvgIpc) is 2.80. The molecule has 2 aliphatic rings. The summed E-state index contributed by atoms with van der Waals surface area (Å²) in [5, 5.41) is 13.2. The molecule has 2 aliphatic heterocycles. The summed E-state index contributed by atoms with van der Waals surface area (Å²) in [4.78, 5) is 26.4. The lowest BCUT2D eigenvalue weighted by molar-refractivity contribution is -0.149. The Morgan fingerprint density at radius 1 is 1.31 bits per heavy atom. The summed E-state index contributed by atoms with van der Waals surface area (Å²) in [5.74, 6) is -0.458. The summed E-state index contributed by atoms with van der Waals surface area (Å²) in [6.07, 6.45) is 2.22. The molecule has 1 fully saturated rings. The van der Waals surface area contributed by atoms with Crippen LogP contribution in [-0.4, -0.2) is 69.5 Å². The highest BCUT2D eigenvalue weighted by Crippen LogP contribution is 2.31. The first-order valence-electron chi connectivity index (χ1n) is 12.0. The van der Waals surface area contributed by atoms with Gasteiger partial charge in [-0.3, -0.25) is 15.0 Å². The van der Waals surface area contributed by atoms with Gasteiger partial charge in [-0.15, -0.1) is 0 Å². The number of guanidine groups is 1. The third-order valence-corrected chi connectivity index (χ3v) is 7.78. The number of hydrogen-bond acceptors (Lipinski definition) is 7. The largest absolute Gasteiger partial charge is 0.462 e. The number of carbonyl (C=O) groups is 2. The van der Waals surface area contributed by atoms with E-state index in [-0.39, 0.29) is 35.3 Å². The average molecular weight is 509 g/mol. The third kappa shape index (κ3) is 7.31. The molecule has 1 unspecified atom stereocenters. The van der Waals surface area contributed by atoms with Crippen LogP contribution in [0.25, 0.3) is 0 Å². The summed E-state index contributed by atoms with van der Waals surface area (Å²) in [7, 11) is -4.00. The van der Waals surface area contributed by atoms with Crippen molar-refractivity contribution in [3.63, 3.8) is 0 Å². The van der Waals surface area contributed by atoms with E-state index >= 15 is 0 Å². The Morgan fingerprint density at radius 2 is 2.03 bits per heavy atom. The summed E-state index contributed by atoms with van der Waals surface area (Å²) in [5.41, 5.74) is 6.85. The molecule has 1 aromatic rings. The lowest BCUT2D eigenvalue weighted by atomic mass is 9.96. The Labute approximate surface area is 206 Å². The van der Waals surface area contributed by atoms with Crippen LogP contribution in [0.2, 0.25) is 0 Å². The number of para-hydroxylation sites is 1. The van der Waals surface area contributed by atoms with Gasteiger partial charge < -0.3 is 26.0 Å². The van der Waals surface area contributed by atoms with Gasteiger partial charge in [0.1, 0.15) is 17.0 Å². The number of carbonyl (C=O) groups excluding carboxylic acids is 2. The van der Waals surface area contributed by atoms with Crippen molar-refractivity contribution in [2.24, 2.45) is 11.7 Å². The Bertz CT molecular complexity index is 1040. The van der Waals surface area contributed by atoms with Crippen LogP contribution in [0.1, 0.15) is 45.1 Å². The van der Waals surface area contributed by atoms with Gasteiger partial charge in [0, 0.05) is 45.9 Å². The van der Waals surface area contributed by atoms with Crippen LogP contribution in [0.4, 0.5) is 5.69 Å². The van der Waals surface area contributed by atoms with Crippen LogP contribution in [-0.2, 0) is 30.8 Å². The summed E-state index contributed by atoms with van der Waals surface area (Å²) >= 11 is 0. The van der Waals surface area contributed by atoms with E-state index < -0.39 is 16.1 Å². The minimum atomic E-state index is -4.00. The Kier molecular flexibility index (Phi) is 8.95. The van der Waals surface area contributed by atoms with E-state index in [9.17, 15) is 18.0 Å². The van der Waals surface area contributed by atoms with E-state index in [1.54, 1.807) is 17.0 Å². The first kappa shape index (κ1) is 26.7. The topological polar surface area (TPSA) is 167 Å². The third-order valence-electron chi connectivity index (χ3n) is 6.26. The zero-order valence-corrected chi connectivity index (χ0v) is 21.1. The van der Waals surface area contributed by atoms with E-state index in [1.165, 1.54) is 6.92 Å². The summed E-state index contributed by atoms with van der Waals surface area (Å²) in [6.45, 7) is 5.23. The molecule has 0 spiro atoms. The van der Waals surface area contributed by atoms with E-state index in [0.29, 0.717) is 57.0 Å². The van der Waals surface area contributed by atoms with Gasteiger partial charge >= 0.3 is 5.97 Å². The molecule has 0 bridgehead atoms. The fourth-order valence-electron chi connectivity index (χ4n) is 4.56. The number of sulfonamides is 1. The van der Waals surface area contributed by atoms with Crippen molar-refractivity contribution in [1.82, 2.24) is 14.9 Å². The van der Waals surface area contributed by atoms with Crippen molar-refractivity contribution in [2.75, 3.05) is 31.5 Å². The number of ether oxygens (including phenoxy) is 1. The molecule has 0 aliphatic carbocycles. The number of nitrogens with one attached hydrogen (secondary N) is 4. The van der Waals surface area contributed by atoms with E-state index in [4.69, 9.17) is 15.9 Å². The minimum Gasteiger partial charge on any atom is -0.462 e. The van der Waals surface area contributed by atoms with Crippen LogP contribution < -0.4 is 21.1 Å². The van der Waals surface area contributed by atoms with E-state index in [1.807, 2.05) is 6.07 Å². The predicted octanol–water partition coefficient (Wildman–Crippen LogP) is 0.755. The molecule has 1 saturated heterocycles. The lowest BCUT2D eigenvalue weighted by Crippen LogP contribution is -2.51. The van der Waals surface area contributed by atoms with Gasteiger partial charge in [0.2, 0.25) is 15.9 Å². The molecule has 3 rings (SSSR count). The summed E-state index contributed by atoms with van der Waals surface area (Å²) < 4.78 is 34.8. The van der Waals surface area contributed by atoms with Gasteiger partial charge in [0.15, 0.2) is 5.96 Å². The smallest absolute Gasteiger partial charge is 0.302 e. The molecule has 0 saturated carbocycles. The highest BCUT2D eigenvalue weighted by Gasteiger charge is 2.33. The molecule has 1 amide bonds. The minimum absolute atomic E-state index is 0.134. The molecular weight excluding hydrogens is 472 g/mol. The highest BCUT2D eigenvalue weighted by atomic mass is 32.2. The second-order valence-electron chi connectivity index (χ2n) is 9.27. The van der Waals surface area contributed by atoms with Gasteiger partial charge in [0.25, 0.3) is 0 Å². The van der Waals surface area contributed by atoms with Crippen LogP contribution >= 0.6 is 0 Å². The number of piperidine rings is 1. The van der Waals surface area contributed by atoms with Gasteiger partial charge in [-0.25, -0.2) is 8.42 Å². The second kappa shape index (κ2) is 11.7. The molecule has 12 heteroatoms. The standard InChI is InChI=1S/C23H36N6O5S/c1-15-13-17-5-3-7-20(21(17)27-14-15)35(32,33)28-19(6-4-10-26-23(24)25)22(31)29-11-8-18(9-12-29)34-16(2)30/h3,5,7,15,18-19,27-28H,4,6,8-14H2,1-2H3,(H4,24,25,26)/t15-,19?/m0/s1. The van der Waals surface area contributed by atoms with E-state index in [0.717, 1.165) is 12.0 Å². The normalized spacial score (nSPS) is 19.3. The monoisotopic (exact) mass is 508 g/mol. The number of fused-ring (bicyclic) bond motifs is 1. The number of rotatable bonds is 9. The van der Waals surface area contributed by atoms with Gasteiger partial charge in [-0.1, -0.05) is 19.1 Å². The molecule has 2 atom stereocenters. The SMILES string of the molecule is CC(=O)OC1CCN(C(=O)C(CCCNC(=N)N)NS(=O)(=O)c2cccc3c2NC[C@@H](C)C3)CC1. The van der Waals surface area contributed by atoms with Crippen molar-refractivity contribution in [2.45, 2.75) is 63.0 Å². The maximum absolute atomic E-state index is 13.4. The maximum atomic E-state index is 13.4. The van der Waals surface area contributed by atoms with E-state index in [2.05, 4.69) is 22.3 Å². The van der Waals surface area contributed by atoms with Gasteiger partial charge in [-0.2, -0.15) is 4.72 Å². The number of likely N-dealkylation sites (tertiary alicyclic amines) is 1. The Morgan fingerprint density at radius 3 is 2.69 bits per heavy atom. The number of nitrogens with zero attached hydrogens (tertiary/aromatic N) is 1. The molecule has 6 N–H and O–H groups in total. The fraction of sp³-hybridized carbons (Fsp3) is 0.609. The second-order valence-corrected chi connectivity index (χ2v) is 11.0. The maximum Gasteiger partial charge on any atom is 0.302 e. The quantitative estimate of drug-likeness (QED) is 0.141. The predicted molar refractivity (Wildman–Crippen MR) is 132 cm³/mol. The van der Waals surface area contributed by atoms with Crippen molar-refractivity contribution >= 4 is 33.5 Å². The zero-order valence-electron chi connectivity index (χ0n) is 20.3. The molecule has 0 radical (unpaired) electrons. The molecule has 194 valence electrons. The van der Waals surface area contributed by atoms with Crippen LogP contribution in [0.5, 0.6) is 0 Å². The molecule has 35 heavy (non-hydrogen) atoms. The van der Waals surface area contributed by atoms with Crippen molar-refractivity contribution < 1.29 is 22.7 Å². The first-order valence-corrected chi connectivity index (χ1v) is 13.5. The molecule has 11 nitrogen and oxygen atoms in total. The lowest BCUT2D eigenvalue weighted by Gasteiger charge is -2.34. The number of amides is 1. The highest BCUT2D eigenvalue weighted by molar-refractivity contribution is 7.89. The number of hydrogen-bond donors (Lipinski definition) is 5. The van der Waals surface area contributed by atoms with Crippen molar-refractivity contribution in [1.29, 1.82) is 5.41 Å². The van der Waals surface area contributed by atoms with Crippen LogP contribution in [0.15, 0.2) is 23.1 Å². The Balaban J connectivity index is 1.75. The van der Waals surface area contributed by atoms with Gasteiger partial charge in [-0.05, 0) is 36.8 Å². The van der Waals surface area contributed by atoms with Crippen molar-refractivity contribution in [3.05, 3.63) is 23.8 Å². The fourth-order valence-corrected chi connectivity index (χ4v) is 6.01. The first-order chi connectivity index (χ1) is 16.6. The number of anilines is 1. The molecule has 2 heterocycles. The van der Waals surface area contributed by atoms with Crippen molar-refractivity contribution in [3.8, 4) is 0 Å².